The second-order valence-electron chi connectivity index (χ2n) is 8.37. The van der Waals surface area contributed by atoms with E-state index in [0.29, 0.717) is 6.54 Å². The van der Waals surface area contributed by atoms with Crippen LogP contribution in [0.4, 0.5) is 0 Å². The second-order valence-corrected chi connectivity index (χ2v) is 8.37. The van der Waals surface area contributed by atoms with E-state index in [4.69, 9.17) is 14.5 Å². The molecule has 8 heteroatoms. The average Bonchev–Trinajstić information content (AvgIpc) is 3.38. The molecule has 2 aromatic rings. The number of hydrogen-bond acceptors (Lipinski definition) is 5. The van der Waals surface area contributed by atoms with E-state index in [0.717, 1.165) is 55.9 Å². The first-order valence-electron chi connectivity index (χ1n) is 10.5. The lowest BCUT2D eigenvalue weighted by Crippen LogP contribution is -2.45. The minimum absolute atomic E-state index is 0.109. The number of aromatic nitrogens is 3. The third-order valence-electron chi connectivity index (χ3n) is 5.63. The van der Waals surface area contributed by atoms with Crippen LogP contribution in [0.1, 0.15) is 43.9 Å². The van der Waals surface area contributed by atoms with Gasteiger partial charge in [-0.2, -0.15) is 0 Å². The summed E-state index contributed by atoms with van der Waals surface area (Å²) >= 11 is 0. The van der Waals surface area contributed by atoms with Crippen LogP contribution in [0.3, 0.4) is 0 Å². The van der Waals surface area contributed by atoms with Crippen LogP contribution >= 0.6 is 0 Å². The predicted molar refractivity (Wildman–Crippen MR) is 118 cm³/mol. The Bertz CT molecular complexity index is 855. The molecular weight excluding hydrogens is 380 g/mol. The molecule has 3 rings (SSSR count). The number of hydrogen-bond donors (Lipinski definition) is 2. The summed E-state index contributed by atoms with van der Waals surface area (Å²) in [6, 6.07) is 8.20. The Balaban J connectivity index is 1.68. The Morgan fingerprint density at radius 3 is 2.83 bits per heavy atom. The zero-order valence-electron chi connectivity index (χ0n) is 18.7. The quantitative estimate of drug-likeness (QED) is 0.509. The van der Waals surface area contributed by atoms with Crippen molar-refractivity contribution >= 4 is 5.96 Å². The highest BCUT2D eigenvalue weighted by Gasteiger charge is 2.22. The molecule has 8 nitrogen and oxygen atoms in total. The highest BCUT2D eigenvalue weighted by atomic mass is 16.5. The van der Waals surface area contributed by atoms with Crippen LogP contribution in [0, 0.1) is 6.92 Å². The largest absolute Gasteiger partial charge is 0.497 e. The van der Waals surface area contributed by atoms with E-state index >= 15 is 0 Å². The van der Waals surface area contributed by atoms with E-state index in [-0.39, 0.29) is 11.5 Å². The van der Waals surface area contributed by atoms with Gasteiger partial charge in [-0.15, -0.1) is 10.2 Å². The van der Waals surface area contributed by atoms with Crippen molar-refractivity contribution < 1.29 is 9.47 Å². The van der Waals surface area contributed by atoms with Gasteiger partial charge in [0, 0.05) is 32.2 Å². The van der Waals surface area contributed by atoms with Crippen LogP contribution in [-0.4, -0.2) is 53.6 Å². The van der Waals surface area contributed by atoms with Crippen molar-refractivity contribution in [2.24, 2.45) is 12.0 Å². The molecule has 1 aliphatic heterocycles. The fourth-order valence-corrected chi connectivity index (χ4v) is 3.38. The molecule has 0 amide bonds. The van der Waals surface area contributed by atoms with Gasteiger partial charge in [-0.25, -0.2) is 4.99 Å². The number of guanidine groups is 1. The van der Waals surface area contributed by atoms with Crippen molar-refractivity contribution in [2.45, 2.75) is 51.7 Å². The van der Waals surface area contributed by atoms with Crippen molar-refractivity contribution in [3.8, 4) is 5.75 Å². The maximum Gasteiger partial charge on any atom is 0.191 e. The first-order valence-corrected chi connectivity index (χ1v) is 10.5. The molecule has 2 heterocycles. The van der Waals surface area contributed by atoms with Gasteiger partial charge < -0.3 is 24.7 Å². The van der Waals surface area contributed by atoms with Crippen molar-refractivity contribution in [3.05, 3.63) is 41.5 Å². The number of aryl methyl sites for hydroxylation is 1. The highest BCUT2D eigenvalue weighted by molar-refractivity contribution is 5.79. The molecule has 1 aromatic carbocycles. The zero-order valence-corrected chi connectivity index (χ0v) is 18.7. The van der Waals surface area contributed by atoms with E-state index in [9.17, 15) is 0 Å². The molecule has 0 spiro atoms. The molecule has 0 aliphatic carbocycles. The summed E-state index contributed by atoms with van der Waals surface area (Å²) in [5, 5.41) is 15.3. The minimum Gasteiger partial charge on any atom is -0.497 e. The van der Waals surface area contributed by atoms with Crippen molar-refractivity contribution in [1.29, 1.82) is 0 Å². The lowest BCUT2D eigenvalue weighted by atomic mass is 9.84. The zero-order chi connectivity index (χ0) is 21.6. The van der Waals surface area contributed by atoms with Gasteiger partial charge in [0.1, 0.15) is 18.1 Å². The number of nitrogens with one attached hydrogen (secondary N) is 2. The first kappa shape index (κ1) is 22.1. The molecule has 2 N–H and O–H groups in total. The number of nitrogens with zero attached hydrogens (tertiary/aromatic N) is 4. The third-order valence-corrected chi connectivity index (χ3v) is 5.63. The molecule has 1 atom stereocenters. The summed E-state index contributed by atoms with van der Waals surface area (Å²) in [7, 11) is 3.65. The molecule has 1 unspecified atom stereocenters. The van der Waals surface area contributed by atoms with Crippen molar-refractivity contribution in [3.63, 3.8) is 0 Å². The first-order chi connectivity index (χ1) is 14.4. The molecule has 1 aliphatic rings. The van der Waals surface area contributed by atoms with Gasteiger partial charge in [-0.3, -0.25) is 0 Å². The van der Waals surface area contributed by atoms with Crippen molar-refractivity contribution in [2.75, 3.05) is 26.8 Å². The van der Waals surface area contributed by atoms with Crippen LogP contribution in [0.15, 0.2) is 29.3 Å². The lowest BCUT2D eigenvalue weighted by Gasteiger charge is -2.27. The Kier molecular flexibility index (Phi) is 7.31. The molecule has 0 bridgehead atoms. The summed E-state index contributed by atoms with van der Waals surface area (Å²) in [6.07, 6.45) is 2.44. The number of methoxy groups -OCH3 is 1. The number of benzene rings is 1. The second kappa shape index (κ2) is 9.93. The SMILES string of the molecule is COc1cccc(C(C)(C)CNC(=NCc2nnc(C)n2C)NCC2CCCO2)c1. The van der Waals surface area contributed by atoms with Gasteiger partial charge in [-0.1, -0.05) is 26.0 Å². The summed E-state index contributed by atoms with van der Waals surface area (Å²) in [6.45, 7) is 9.10. The van der Waals surface area contributed by atoms with Gasteiger partial charge in [0.2, 0.25) is 0 Å². The summed E-state index contributed by atoms with van der Waals surface area (Å²) < 4.78 is 13.1. The molecule has 30 heavy (non-hydrogen) atoms. The monoisotopic (exact) mass is 414 g/mol. The summed E-state index contributed by atoms with van der Waals surface area (Å²) in [4.78, 5) is 4.75. The summed E-state index contributed by atoms with van der Waals surface area (Å²) in [5.74, 6) is 3.32. The molecular formula is C22H34N6O2. The summed E-state index contributed by atoms with van der Waals surface area (Å²) in [5.41, 5.74) is 1.10. The molecule has 164 valence electrons. The van der Waals surface area contributed by atoms with E-state index in [1.54, 1.807) is 7.11 Å². The molecule has 0 saturated carbocycles. The van der Waals surface area contributed by atoms with Crippen LogP contribution < -0.4 is 15.4 Å². The van der Waals surface area contributed by atoms with Crippen molar-refractivity contribution in [1.82, 2.24) is 25.4 Å². The van der Waals surface area contributed by atoms with Gasteiger partial charge in [0.15, 0.2) is 11.8 Å². The standard InChI is InChI=1S/C22H34N6O2/c1-16-26-27-20(28(16)4)14-24-21(23-13-19-10-7-11-30-19)25-15-22(2,3)17-8-6-9-18(12-17)29-5/h6,8-9,12,19H,7,10-11,13-15H2,1-5H3,(H2,23,24,25). The minimum atomic E-state index is -0.109. The maximum absolute atomic E-state index is 5.74. The fraction of sp³-hybridized carbons (Fsp3) is 0.591. The normalized spacial score (nSPS) is 17.2. The van der Waals surface area contributed by atoms with E-state index in [2.05, 4.69) is 46.8 Å². The molecule has 1 saturated heterocycles. The van der Waals surface area contributed by atoms with E-state index in [1.165, 1.54) is 5.56 Å². The Morgan fingerprint density at radius 1 is 1.33 bits per heavy atom. The smallest absolute Gasteiger partial charge is 0.191 e. The number of aliphatic imine (C=N–C) groups is 1. The van der Waals surface area contributed by atoms with Crippen LogP contribution in [-0.2, 0) is 23.7 Å². The predicted octanol–water partition coefficient (Wildman–Crippen LogP) is 2.32. The average molecular weight is 415 g/mol. The Labute approximate surface area is 179 Å². The van der Waals surface area contributed by atoms with E-state index in [1.807, 2.05) is 30.7 Å². The Hall–Kier alpha value is -2.61. The number of rotatable bonds is 8. The van der Waals surface area contributed by atoms with Gasteiger partial charge in [0.25, 0.3) is 0 Å². The van der Waals surface area contributed by atoms with Gasteiger partial charge >= 0.3 is 0 Å². The Morgan fingerprint density at radius 2 is 2.17 bits per heavy atom. The lowest BCUT2D eigenvalue weighted by molar-refractivity contribution is 0.113. The number of ether oxygens (including phenoxy) is 2. The van der Waals surface area contributed by atoms with E-state index < -0.39 is 0 Å². The molecule has 1 fully saturated rings. The topological polar surface area (TPSA) is 85.6 Å². The molecule has 0 radical (unpaired) electrons. The fourth-order valence-electron chi connectivity index (χ4n) is 3.38. The van der Waals surface area contributed by atoms with Gasteiger partial charge in [-0.05, 0) is 37.5 Å². The van der Waals surface area contributed by atoms with Gasteiger partial charge in [0.05, 0.1) is 13.2 Å². The molecule has 1 aromatic heterocycles. The van der Waals surface area contributed by atoms with Crippen LogP contribution in [0.25, 0.3) is 0 Å². The third kappa shape index (κ3) is 5.72. The maximum atomic E-state index is 5.74. The van der Waals surface area contributed by atoms with Crippen LogP contribution in [0.2, 0.25) is 0 Å². The highest BCUT2D eigenvalue weighted by Crippen LogP contribution is 2.25. The van der Waals surface area contributed by atoms with Crippen LogP contribution in [0.5, 0.6) is 5.75 Å².